The van der Waals surface area contributed by atoms with Crippen molar-refractivity contribution in [3.63, 3.8) is 0 Å². The Bertz CT molecular complexity index is 649. The first-order valence-electron chi connectivity index (χ1n) is 6.29. The summed E-state index contributed by atoms with van der Waals surface area (Å²) in [4.78, 5) is 16.3. The monoisotopic (exact) mass is 275 g/mol. The summed E-state index contributed by atoms with van der Waals surface area (Å²) in [7, 11) is 0. The van der Waals surface area contributed by atoms with Crippen molar-refractivity contribution in [3.8, 4) is 0 Å². The average molecular weight is 276 g/mol. The minimum Gasteiger partial charge on any atom is -0.361 e. The molecule has 0 spiro atoms. The highest BCUT2D eigenvalue weighted by Gasteiger charge is 2.25. The fourth-order valence-electron chi connectivity index (χ4n) is 2.02. The number of hydrogen-bond donors (Lipinski definition) is 1. The summed E-state index contributed by atoms with van der Waals surface area (Å²) in [6.07, 6.45) is 5.58. The van der Waals surface area contributed by atoms with Crippen LogP contribution in [-0.4, -0.2) is 9.55 Å². The lowest BCUT2D eigenvalue weighted by Crippen LogP contribution is -2.23. The van der Waals surface area contributed by atoms with Gasteiger partial charge in [-0.3, -0.25) is 4.79 Å². The Balaban J connectivity index is 1.77. The minimum absolute atomic E-state index is 0.0490. The van der Waals surface area contributed by atoms with Gasteiger partial charge in [-0.25, -0.2) is 4.98 Å². The maximum absolute atomic E-state index is 12.2. The van der Waals surface area contributed by atoms with Crippen molar-refractivity contribution in [3.05, 3.63) is 57.6 Å². The van der Waals surface area contributed by atoms with Crippen LogP contribution < -0.4 is 10.9 Å². The zero-order valence-electron chi connectivity index (χ0n) is 10.3. The number of anilines is 1. The number of aromatic nitrogens is 2. The Morgan fingerprint density at radius 2 is 2.26 bits per heavy atom. The van der Waals surface area contributed by atoms with E-state index in [1.54, 1.807) is 17.0 Å². The highest BCUT2D eigenvalue weighted by molar-refractivity contribution is 6.30. The maximum atomic E-state index is 12.2. The molecule has 1 aromatic heterocycles. The van der Waals surface area contributed by atoms with Gasteiger partial charge in [0.1, 0.15) is 0 Å². The molecule has 0 aliphatic heterocycles. The molecule has 19 heavy (non-hydrogen) atoms. The SMILES string of the molecule is O=c1c(NCc2cccc(Cl)c2)nccn1C1CC1. The van der Waals surface area contributed by atoms with Crippen LogP contribution in [0.2, 0.25) is 5.02 Å². The van der Waals surface area contributed by atoms with Crippen molar-refractivity contribution in [2.24, 2.45) is 0 Å². The molecule has 3 rings (SSSR count). The summed E-state index contributed by atoms with van der Waals surface area (Å²) in [5.74, 6) is 0.398. The van der Waals surface area contributed by atoms with Crippen LogP contribution in [0.1, 0.15) is 24.4 Å². The van der Waals surface area contributed by atoms with Gasteiger partial charge in [0.05, 0.1) is 0 Å². The zero-order chi connectivity index (χ0) is 13.2. The second kappa shape index (κ2) is 5.05. The Kier molecular flexibility index (Phi) is 3.25. The third-order valence-electron chi connectivity index (χ3n) is 3.16. The predicted octanol–water partition coefficient (Wildman–Crippen LogP) is 2.84. The molecule has 1 aromatic carbocycles. The molecule has 2 aromatic rings. The van der Waals surface area contributed by atoms with Crippen LogP contribution in [0.15, 0.2) is 41.5 Å². The predicted molar refractivity (Wildman–Crippen MR) is 75.5 cm³/mol. The number of rotatable bonds is 4. The summed E-state index contributed by atoms with van der Waals surface area (Å²) >= 11 is 5.92. The highest BCUT2D eigenvalue weighted by Crippen LogP contribution is 2.33. The van der Waals surface area contributed by atoms with Crippen molar-refractivity contribution in [1.29, 1.82) is 0 Å². The molecule has 1 fully saturated rings. The van der Waals surface area contributed by atoms with Gasteiger partial charge < -0.3 is 9.88 Å². The molecule has 0 radical (unpaired) electrons. The van der Waals surface area contributed by atoms with E-state index in [4.69, 9.17) is 11.6 Å². The summed E-state index contributed by atoms with van der Waals surface area (Å²) in [5, 5.41) is 3.77. The van der Waals surface area contributed by atoms with Gasteiger partial charge in [-0.1, -0.05) is 23.7 Å². The summed E-state index contributed by atoms with van der Waals surface area (Å²) < 4.78 is 1.76. The number of benzene rings is 1. The fraction of sp³-hybridized carbons (Fsp3) is 0.286. The van der Waals surface area contributed by atoms with Crippen molar-refractivity contribution in [2.45, 2.75) is 25.4 Å². The molecule has 5 heteroatoms. The van der Waals surface area contributed by atoms with Crippen LogP contribution in [0.5, 0.6) is 0 Å². The van der Waals surface area contributed by atoms with Crippen LogP contribution >= 0.6 is 11.6 Å². The summed E-state index contributed by atoms with van der Waals surface area (Å²) in [5.41, 5.74) is 0.975. The Labute approximate surface area is 116 Å². The van der Waals surface area contributed by atoms with Crippen LogP contribution in [0.3, 0.4) is 0 Å². The van der Waals surface area contributed by atoms with E-state index in [1.165, 1.54) is 0 Å². The second-order valence-corrected chi connectivity index (χ2v) is 5.14. The first kappa shape index (κ1) is 12.2. The van der Waals surface area contributed by atoms with E-state index < -0.39 is 0 Å². The Hall–Kier alpha value is -1.81. The maximum Gasteiger partial charge on any atom is 0.293 e. The first-order chi connectivity index (χ1) is 9.24. The third kappa shape index (κ3) is 2.79. The van der Waals surface area contributed by atoms with Gasteiger partial charge in [0, 0.05) is 30.0 Å². The fourth-order valence-corrected chi connectivity index (χ4v) is 2.23. The molecule has 98 valence electrons. The molecule has 1 N–H and O–H groups in total. The van der Waals surface area contributed by atoms with Crippen molar-refractivity contribution in [2.75, 3.05) is 5.32 Å². The van der Waals surface area contributed by atoms with Gasteiger partial charge in [-0.2, -0.15) is 0 Å². The van der Waals surface area contributed by atoms with Crippen molar-refractivity contribution < 1.29 is 0 Å². The molecule has 0 unspecified atom stereocenters. The average Bonchev–Trinajstić information content (AvgIpc) is 3.22. The number of nitrogens with one attached hydrogen (secondary N) is 1. The molecule has 1 aliphatic rings. The van der Waals surface area contributed by atoms with Gasteiger partial charge in [-0.15, -0.1) is 0 Å². The Morgan fingerprint density at radius 1 is 1.42 bits per heavy atom. The number of hydrogen-bond acceptors (Lipinski definition) is 3. The largest absolute Gasteiger partial charge is 0.361 e. The number of halogens is 1. The molecule has 0 amide bonds. The van der Waals surface area contributed by atoms with E-state index in [0.29, 0.717) is 23.4 Å². The first-order valence-corrected chi connectivity index (χ1v) is 6.67. The zero-order valence-corrected chi connectivity index (χ0v) is 11.1. The van der Waals surface area contributed by atoms with E-state index in [0.717, 1.165) is 18.4 Å². The van der Waals surface area contributed by atoms with E-state index >= 15 is 0 Å². The van der Waals surface area contributed by atoms with Gasteiger partial charge in [0.25, 0.3) is 5.56 Å². The minimum atomic E-state index is -0.0490. The topological polar surface area (TPSA) is 46.9 Å². The van der Waals surface area contributed by atoms with E-state index in [9.17, 15) is 4.79 Å². The quantitative estimate of drug-likeness (QED) is 0.933. The van der Waals surface area contributed by atoms with Gasteiger partial charge in [0.15, 0.2) is 5.82 Å². The highest BCUT2D eigenvalue weighted by atomic mass is 35.5. The van der Waals surface area contributed by atoms with Gasteiger partial charge in [0.2, 0.25) is 0 Å². The molecule has 1 heterocycles. The molecule has 0 saturated heterocycles. The van der Waals surface area contributed by atoms with Gasteiger partial charge >= 0.3 is 0 Å². The third-order valence-corrected chi connectivity index (χ3v) is 3.39. The van der Waals surface area contributed by atoms with E-state index in [-0.39, 0.29) is 5.56 Å². The number of nitrogens with zero attached hydrogens (tertiary/aromatic N) is 2. The Morgan fingerprint density at radius 3 is 3.00 bits per heavy atom. The van der Waals surface area contributed by atoms with Crippen LogP contribution in [0.25, 0.3) is 0 Å². The lowest BCUT2D eigenvalue weighted by atomic mass is 10.2. The standard InChI is InChI=1S/C14H14ClN3O/c15-11-3-1-2-10(8-11)9-17-13-14(19)18(7-6-16-13)12-4-5-12/h1-3,6-8,12H,4-5,9H2,(H,16,17). The van der Waals surface area contributed by atoms with Crippen LogP contribution in [0, 0.1) is 0 Å². The summed E-state index contributed by atoms with van der Waals surface area (Å²) in [6, 6.07) is 7.91. The molecular formula is C14H14ClN3O. The summed E-state index contributed by atoms with van der Waals surface area (Å²) in [6.45, 7) is 0.539. The molecule has 0 atom stereocenters. The van der Waals surface area contributed by atoms with Crippen LogP contribution in [-0.2, 0) is 6.54 Å². The smallest absolute Gasteiger partial charge is 0.293 e. The van der Waals surface area contributed by atoms with Gasteiger partial charge in [-0.05, 0) is 30.5 Å². The van der Waals surface area contributed by atoms with Crippen LogP contribution in [0.4, 0.5) is 5.82 Å². The molecule has 4 nitrogen and oxygen atoms in total. The van der Waals surface area contributed by atoms with Crippen molar-refractivity contribution >= 4 is 17.4 Å². The van der Waals surface area contributed by atoms with E-state index in [1.807, 2.05) is 24.3 Å². The second-order valence-electron chi connectivity index (χ2n) is 4.70. The normalized spacial score (nSPS) is 14.4. The van der Waals surface area contributed by atoms with E-state index in [2.05, 4.69) is 10.3 Å². The van der Waals surface area contributed by atoms with Crippen molar-refractivity contribution in [1.82, 2.24) is 9.55 Å². The molecule has 1 aliphatic carbocycles. The molecule has 0 bridgehead atoms. The molecule has 1 saturated carbocycles. The molecular weight excluding hydrogens is 262 g/mol. The lowest BCUT2D eigenvalue weighted by molar-refractivity contribution is 0.699. The lowest BCUT2D eigenvalue weighted by Gasteiger charge is -2.08.